The van der Waals surface area contributed by atoms with Crippen LogP contribution in [0.2, 0.25) is 0 Å². The number of methoxy groups -OCH3 is 1. The molecule has 4 aromatic rings. The van der Waals surface area contributed by atoms with E-state index in [0.717, 1.165) is 28.3 Å². The molecule has 33 heavy (non-hydrogen) atoms. The number of aryl methyl sites for hydroxylation is 3. The van der Waals surface area contributed by atoms with E-state index in [4.69, 9.17) is 9.47 Å². The summed E-state index contributed by atoms with van der Waals surface area (Å²) in [5.41, 5.74) is 4.49. The van der Waals surface area contributed by atoms with Gasteiger partial charge in [0.1, 0.15) is 17.8 Å². The van der Waals surface area contributed by atoms with Gasteiger partial charge in [-0.1, -0.05) is 12.1 Å². The maximum Gasteiger partial charge on any atom is 0.228 e. The molecule has 0 saturated carbocycles. The maximum atomic E-state index is 12.4. The third kappa shape index (κ3) is 5.35. The van der Waals surface area contributed by atoms with Crippen molar-refractivity contribution in [1.82, 2.24) is 19.7 Å². The molecule has 1 N–H and O–H groups in total. The fourth-order valence-corrected chi connectivity index (χ4v) is 3.53. The number of amides is 1. The van der Waals surface area contributed by atoms with Gasteiger partial charge in [-0.25, -0.2) is 14.6 Å². The lowest BCUT2D eigenvalue weighted by atomic mass is 10.1. The van der Waals surface area contributed by atoms with Crippen LogP contribution in [-0.2, 0) is 11.2 Å². The highest BCUT2D eigenvalue weighted by Gasteiger charge is 2.09. The maximum absolute atomic E-state index is 12.4. The normalized spacial score (nSPS) is 10.7. The first-order chi connectivity index (χ1) is 15.9. The lowest BCUT2D eigenvalue weighted by Gasteiger charge is -2.10. The van der Waals surface area contributed by atoms with Crippen molar-refractivity contribution in [3.05, 3.63) is 83.4 Å². The highest BCUT2D eigenvalue weighted by molar-refractivity contribution is 5.92. The number of aromatic nitrogens is 4. The average molecular weight is 444 g/mol. The number of anilines is 1. The largest absolute Gasteiger partial charge is 0.496 e. The molecule has 0 saturated heterocycles. The van der Waals surface area contributed by atoms with Crippen LogP contribution in [0.3, 0.4) is 0 Å². The Hall–Kier alpha value is -4.20. The molecule has 0 fully saturated rings. The molecular weight excluding hydrogens is 418 g/mol. The Kier molecular flexibility index (Phi) is 6.35. The molecule has 2 aromatic heterocycles. The van der Waals surface area contributed by atoms with Crippen LogP contribution < -0.4 is 14.8 Å². The number of carbonyl (C=O) groups excluding carboxylic acids is 1. The molecule has 0 atom stereocenters. The van der Waals surface area contributed by atoms with Gasteiger partial charge in [-0.3, -0.25) is 4.79 Å². The first-order valence-corrected chi connectivity index (χ1v) is 10.5. The molecule has 4 rings (SSSR count). The van der Waals surface area contributed by atoms with Crippen molar-refractivity contribution in [2.45, 2.75) is 27.2 Å². The van der Waals surface area contributed by atoms with Gasteiger partial charge in [-0.2, -0.15) is 5.10 Å². The second-order valence-corrected chi connectivity index (χ2v) is 7.71. The summed E-state index contributed by atoms with van der Waals surface area (Å²) < 4.78 is 12.9. The smallest absolute Gasteiger partial charge is 0.228 e. The van der Waals surface area contributed by atoms with Crippen LogP contribution in [0.5, 0.6) is 17.4 Å². The lowest BCUT2D eigenvalue weighted by Crippen LogP contribution is -2.14. The summed E-state index contributed by atoms with van der Waals surface area (Å²) in [6, 6.07) is 16.6. The molecule has 2 heterocycles. The van der Waals surface area contributed by atoms with Gasteiger partial charge < -0.3 is 14.8 Å². The molecule has 0 spiro atoms. The Bertz CT molecular complexity index is 1280. The van der Waals surface area contributed by atoms with Crippen molar-refractivity contribution >= 4 is 11.6 Å². The number of hydrogen-bond donors (Lipinski definition) is 1. The van der Waals surface area contributed by atoms with Gasteiger partial charge >= 0.3 is 0 Å². The zero-order valence-electron chi connectivity index (χ0n) is 19.0. The molecule has 0 aliphatic carbocycles. The van der Waals surface area contributed by atoms with Gasteiger partial charge in [-0.15, -0.1) is 0 Å². The Balaban J connectivity index is 1.38. The van der Waals surface area contributed by atoms with Gasteiger partial charge in [0, 0.05) is 17.4 Å². The first kappa shape index (κ1) is 22.0. The molecule has 0 aliphatic rings. The van der Waals surface area contributed by atoms with E-state index in [1.165, 1.54) is 6.33 Å². The van der Waals surface area contributed by atoms with E-state index in [0.29, 0.717) is 23.1 Å². The summed E-state index contributed by atoms with van der Waals surface area (Å²) in [7, 11) is 1.63. The number of ether oxygens (including phenoxy) is 2. The number of carbonyl (C=O) groups is 1. The summed E-state index contributed by atoms with van der Waals surface area (Å²) in [6.45, 7) is 5.85. The van der Waals surface area contributed by atoms with E-state index >= 15 is 0 Å². The zero-order chi connectivity index (χ0) is 23.4. The molecule has 168 valence electrons. The highest BCUT2D eigenvalue weighted by atomic mass is 16.5. The summed E-state index contributed by atoms with van der Waals surface area (Å²) in [4.78, 5) is 20.9. The van der Waals surface area contributed by atoms with Crippen molar-refractivity contribution in [2.75, 3.05) is 12.4 Å². The molecule has 0 aliphatic heterocycles. The van der Waals surface area contributed by atoms with E-state index in [1.54, 1.807) is 42.1 Å². The predicted molar refractivity (Wildman–Crippen MR) is 125 cm³/mol. The Labute approximate surface area is 192 Å². The van der Waals surface area contributed by atoms with Crippen LogP contribution in [0.1, 0.15) is 22.5 Å². The summed E-state index contributed by atoms with van der Waals surface area (Å²) in [5.74, 6) is 2.33. The second-order valence-electron chi connectivity index (χ2n) is 7.71. The van der Waals surface area contributed by atoms with Crippen molar-refractivity contribution < 1.29 is 14.3 Å². The standard InChI is InChI=1S/C25H25N5O3/c1-16-11-19(5-10-22(16)32-4)13-24(31)28-20-6-8-21(9-7-20)33-25-14-23(26-15-27-25)30-18(3)12-17(2)29-30/h5-12,14-15H,13H2,1-4H3,(H,28,31). The van der Waals surface area contributed by atoms with Gasteiger partial charge in [0.2, 0.25) is 11.8 Å². The Morgan fingerprint density at radius 2 is 1.79 bits per heavy atom. The molecule has 1 amide bonds. The van der Waals surface area contributed by atoms with Gasteiger partial charge in [0.15, 0.2) is 5.82 Å². The quantitative estimate of drug-likeness (QED) is 0.450. The molecular formula is C25H25N5O3. The molecule has 0 radical (unpaired) electrons. The predicted octanol–water partition coefficient (Wildman–Crippen LogP) is 4.57. The van der Waals surface area contributed by atoms with E-state index in [1.807, 2.05) is 45.0 Å². The van der Waals surface area contributed by atoms with Gasteiger partial charge in [-0.05, 0) is 68.3 Å². The lowest BCUT2D eigenvalue weighted by molar-refractivity contribution is -0.115. The van der Waals surface area contributed by atoms with Crippen molar-refractivity contribution in [2.24, 2.45) is 0 Å². The fraction of sp³-hybridized carbons (Fsp3) is 0.200. The summed E-state index contributed by atoms with van der Waals surface area (Å²) in [5, 5.41) is 7.34. The van der Waals surface area contributed by atoms with Crippen LogP contribution >= 0.6 is 0 Å². The highest BCUT2D eigenvalue weighted by Crippen LogP contribution is 2.23. The zero-order valence-corrected chi connectivity index (χ0v) is 19.0. The second kappa shape index (κ2) is 9.52. The third-order valence-electron chi connectivity index (χ3n) is 5.04. The summed E-state index contributed by atoms with van der Waals surface area (Å²) in [6.07, 6.45) is 1.72. The minimum atomic E-state index is -0.0986. The van der Waals surface area contributed by atoms with E-state index in [2.05, 4.69) is 20.4 Å². The molecule has 0 bridgehead atoms. The number of rotatable bonds is 7. The third-order valence-corrected chi connectivity index (χ3v) is 5.04. The van der Waals surface area contributed by atoms with Gasteiger partial charge in [0.25, 0.3) is 0 Å². The summed E-state index contributed by atoms with van der Waals surface area (Å²) >= 11 is 0. The van der Waals surface area contributed by atoms with E-state index in [9.17, 15) is 4.79 Å². The monoisotopic (exact) mass is 443 g/mol. The average Bonchev–Trinajstić information content (AvgIpc) is 3.13. The van der Waals surface area contributed by atoms with E-state index < -0.39 is 0 Å². The molecule has 0 unspecified atom stereocenters. The topological polar surface area (TPSA) is 91.2 Å². The van der Waals surface area contributed by atoms with Crippen LogP contribution in [0.15, 0.2) is 60.9 Å². The van der Waals surface area contributed by atoms with Gasteiger partial charge in [0.05, 0.1) is 19.2 Å². The van der Waals surface area contributed by atoms with Crippen LogP contribution in [0.25, 0.3) is 5.82 Å². The minimum absolute atomic E-state index is 0.0986. The van der Waals surface area contributed by atoms with E-state index in [-0.39, 0.29) is 12.3 Å². The first-order valence-electron chi connectivity index (χ1n) is 10.5. The van der Waals surface area contributed by atoms with Crippen LogP contribution in [0, 0.1) is 20.8 Å². The number of nitrogens with zero attached hydrogens (tertiary/aromatic N) is 4. The van der Waals surface area contributed by atoms with Crippen molar-refractivity contribution in [3.63, 3.8) is 0 Å². The number of benzene rings is 2. The fourth-order valence-electron chi connectivity index (χ4n) is 3.53. The molecule has 8 nitrogen and oxygen atoms in total. The molecule has 8 heteroatoms. The van der Waals surface area contributed by atoms with Crippen molar-refractivity contribution in [1.29, 1.82) is 0 Å². The van der Waals surface area contributed by atoms with Crippen LogP contribution in [0.4, 0.5) is 5.69 Å². The SMILES string of the molecule is COc1ccc(CC(=O)Nc2ccc(Oc3cc(-n4nc(C)cc4C)ncn3)cc2)cc1C. The van der Waals surface area contributed by atoms with Crippen molar-refractivity contribution in [3.8, 4) is 23.2 Å². The molecule has 2 aromatic carbocycles. The van der Waals surface area contributed by atoms with Crippen LogP contribution in [-0.4, -0.2) is 32.8 Å². The Morgan fingerprint density at radius 1 is 1.00 bits per heavy atom. The number of hydrogen-bond acceptors (Lipinski definition) is 6. The minimum Gasteiger partial charge on any atom is -0.496 e. The number of nitrogens with one attached hydrogen (secondary N) is 1. The Morgan fingerprint density at radius 3 is 2.45 bits per heavy atom.